The van der Waals surface area contributed by atoms with Gasteiger partial charge in [-0.2, -0.15) is 0 Å². The Morgan fingerprint density at radius 3 is 3.23 bits per heavy atom. The van der Waals surface area contributed by atoms with Gasteiger partial charge in [0.05, 0.1) is 10.2 Å². The van der Waals surface area contributed by atoms with Crippen LogP contribution in [-0.2, 0) is 0 Å². The van der Waals surface area contributed by atoms with Crippen molar-refractivity contribution in [3.8, 4) is 5.75 Å². The summed E-state index contributed by atoms with van der Waals surface area (Å²) in [7, 11) is 0. The largest absolute Gasteiger partial charge is 0.506 e. The summed E-state index contributed by atoms with van der Waals surface area (Å²) >= 11 is 1.43. The number of hydrogen-bond acceptors (Lipinski definition) is 4. The maximum Gasteiger partial charge on any atom is 0.217 e. The van der Waals surface area contributed by atoms with Crippen molar-refractivity contribution < 1.29 is 5.11 Å². The standard InChI is InChI=1S/C8H5N3OS/c12-6-3-1-2-5-7(6)13-8-10-9-4-11(5)8/h1-4,12H. The fourth-order valence-electron chi connectivity index (χ4n) is 1.36. The van der Waals surface area contributed by atoms with Crippen LogP contribution in [0, 0.1) is 0 Å². The molecule has 2 heterocycles. The molecule has 0 bridgehead atoms. The minimum absolute atomic E-state index is 0.299. The number of phenolic OH excluding ortho intramolecular Hbond substituents is 1. The lowest BCUT2D eigenvalue weighted by molar-refractivity contribution is 0.482. The number of aromatic hydroxyl groups is 1. The van der Waals surface area contributed by atoms with Crippen LogP contribution >= 0.6 is 11.3 Å². The molecule has 0 radical (unpaired) electrons. The van der Waals surface area contributed by atoms with E-state index in [1.54, 1.807) is 12.4 Å². The van der Waals surface area contributed by atoms with Gasteiger partial charge in [-0.25, -0.2) is 0 Å². The van der Waals surface area contributed by atoms with E-state index in [2.05, 4.69) is 10.2 Å². The van der Waals surface area contributed by atoms with Crippen molar-refractivity contribution in [1.29, 1.82) is 0 Å². The Morgan fingerprint density at radius 2 is 2.31 bits per heavy atom. The first-order chi connectivity index (χ1) is 6.36. The van der Waals surface area contributed by atoms with E-state index in [0.29, 0.717) is 5.75 Å². The topological polar surface area (TPSA) is 50.4 Å². The molecule has 0 spiro atoms. The predicted octanol–water partition coefficient (Wildman–Crippen LogP) is 1.65. The maximum atomic E-state index is 9.54. The van der Waals surface area contributed by atoms with E-state index in [4.69, 9.17) is 0 Å². The highest BCUT2D eigenvalue weighted by atomic mass is 32.1. The van der Waals surface area contributed by atoms with Crippen LogP contribution in [0.25, 0.3) is 15.2 Å². The second-order valence-electron chi connectivity index (χ2n) is 2.71. The SMILES string of the molecule is Oc1cccc2c1sc1nncn12. The van der Waals surface area contributed by atoms with E-state index in [0.717, 1.165) is 15.2 Å². The third-order valence-electron chi connectivity index (χ3n) is 1.94. The van der Waals surface area contributed by atoms with Crippen LogP contribution in [0.1, 0.15) is 0 Å². The van der Waals surface area contributed by atoms with Crippen LogP contribution in [0.2, 0.25) is 0 Å². The highest BCUT2D eigenvalue weighted by Gasteiger charge is 2.07. The number of nitrogens with zero attached hydrogens (tertiary/aromatic N) is 3. The lowest BCUT2D eigenvalue weighted by Crippen LogP contribution is -1.75. The predicted molar refractivity (Wildman–Crippen MR) is 50.0 cm³/mol. The van der Waals surface area contributed by atoms with E-state index in [1.807, 2.05) is 16.5 Å². The molecule has 0 aliphatic rings. The number of phenols is 1. The van der Waals surface area contributed by atoms with E-state index in [9.17, 15) is 5.11 Å². The van der Waals surface area contributed by atoms with Crippen LogP contribution in [-0.4, -0.2) is 19.7 Å². The highest BCUT2D eigenvalue weighted by Crippen LogP contribution is 2.31. The molecule has 0 unspecified atom stereocenters. The molecule has 13 heavy (non-hydrogen) atoms. The Hall–Kier alpha value is -1.62. The Labute approximate surface area is 77.1 Å². The number of hydrogen-bond donors (Lipinski definition) is 1. The second kappa shape index (κ2) is 2.20. The fraction of sp³-hybridized carbons (Fsp3) is 0. The quantitative estimate of drug-likeness (QED) is 0.587. The van der Waals surface area contributed by atoms with Gasteiger partial charge in [-0.3, -0.25) is 4.40 Å². The Bertz CT molecular complexity index is 583. The summed E-state index contributed by atoms with van der Waals surface area (Å²) in [5.74, 6) is 0.299. The molecule has 1 aromatic carbocycles. The average molecular weight is 191 g/mol. The molecule has 0 atom stereocenters. The molecular weight excluding hydrogens is 186 g/mol. The van der Waals surface area contributed by atoms with Gasteiger partial charge in [-0.05, 0) is 12.1 Å². The van der Waals surface area contributed by atoms with Crippen molar-refractivity contribution in [1.82, 2.24) is 14.6 Å². The third kappa shape index (κ3) is 0.790. The molecule has 0 aliphatic carbocycles. The molecule has 0 saturated carbocycles. The highest BCUT2D eigenvalue weighted by molar-refractivity contribution is 7.23. The monoisotopic (exact) mass is 191 g/mol. The zero-order chi connectivity index (χ0) is 8.84. The molecule has 0 fully saturated rings. The first-order valence-corrected chi connectivity index (χ1v) is 4.58. The second-order valence-corrected chi connectivity index (χ2v) is 3.69. The molecule has 3 rings (SSSR count). The zero-order valence-corrected chi connectivity index (χ0v) is 7.32. The summed E-state index contributed by atoms with van der Waals surface area (Å²) in [6.45, 7) is 0. The fourth-order valence-corrected chi connectivity index (χ4v) is 2.32. The molecule has 3 aromatic rings. The smallest absolute Gasteiger partial charge is 0.217 e. The first-order valence-electron chi connectivity index (χ1n) is 3.76. The zero-order valence-electron chi connectivity index (χ0n) is 6.51. The Morgan fingerprint density at radius 1 is 1.38 bits per heavy atom. The normalized spacial score (nSPS) is 11.4. The van der Waals surface area contributed by atoms with Crippen LogP contribution in [0.4, 0.5) is 0 Å². The molecule has 2 aromatic heterocycles. The van der Waals surface area contributed by atoms with E-state index >= 15 is 0 Å². The van der Waals surface area contributed by atoms with Gasteiger partial charge in [-0.1, -0.05) is 17.4 Å². The summed E-state index contributed by atoms with van der Waals surface area (Å²) < 4.78 is 2.71. The molecule has 0 aliphatic heterocycles. The lowest BCUT2D eigenvalue weighted by atomic mass is 10.3. The third-order valence-corrected chi connectivity index (χ3v) is 3.03. The molecule has 5 heteroatoms. The summed E-state index contributed by atoms with van der Waals surface area (Å²) in [5, 5.41) is 17.2. The Balaban J connectivity index is 2.66. The molecule has 0 amide bonds. The van der Waals surface area contributed by atoms with Crippen LogP contribution in [0.3, 0.4) is 0 Å². The molecule has 4 nitrogen and oxygen atoms in total. The van der Waals surface area contributed by atoms with Gasteiger partial charge < -0.3 is 5.11 Å². The van der Waals surface area contributed by atoms with Gasteiger partial charge in [0.15, 0.2) is 0 Å². The number of fused-ring (bicyclic) bond motifs is 3. The maximum absolute atomic E-state index is 9.54. The minimum Gasteiger partial charge on any atom is -0.506 e. The van der Waals surface area contributed by atoms with Crippen LogP contribution < -0.4 is 0 Å². The van der Waals surface area contributed by atoms with Crippen molar-refractivity contribution in [3.05, 3.63) is 24.5 Å². The van der Waals surface area contributed by atoms with Gasteiger partial charge in [0, 0.05) is 0 Å². The summed E-state index contributed by atoms with van der Waals surface area (Å²) in [4.78, 5) is 0.802. The lowest BCUT2D eigenvalue weighted by Gasteiger charge is -1.91. The molecule has 1 N–H and O–H groups in total. The van der Waals surface area contributed by atoms with Crippen molar-refractivity contribution in [2.75, 3.05) is 0 Å². The van der Waals surface area contributed by atoms with Crippen LogP contribution in [0.5, 0.6) is 5.75 Å². The summed E-state index contributed by atoms with van der Waals surface area (Å²) in [6.07, 6.45) is 1.65. The molecule has 0 saturated heterocycles. The van der Waals surface area contributed by atoms with Crippen LogP contribution in [0.15, 0.2) is 24.5 Å². The van der Waals surface area contributed by atoms with Crippen molar-refractivity contribution in [2.24, 2.45) is 0 Å². The number of rotatable bonds is 0. The van der Waals surface area contributed by atoms with Crippen molar-refractivity contribution in [3.63, 3.8) is 0 Å². The average Bonchev–Trinajstić information content (AvgIpc) is 2.65. The minimum atomic E-state index is 0.299. The van der Waals surface area contributed by atoms with Crippen molar-refractivity contribution >= 4 is 26.5 Å². The summed E-state index contributed by atoms with van der Waals surface area (Å²) in [5.41, 5.74) is 0.949. The van der Waals surface area contributed by atoms with Gasteiger partial charge in [0.25, 0.3) is 0 Å². The Kier molecular flexibility index (Phi) is 1.16. The molecule has 64 valence electrons. The van der Waals surface area contributed by atoms with E-state index in [-0.39, 0.29) is 0 Å². The van der Waals surface area contributed by atoms with Gasteiger partial charge in [0.2, 0.25) is 4.96 Å². The number of aromatic nitrogens is 3. The summed E-state index contributed by atoms with van der Waals surface area (Å²) in [6, 6.07) is 5.41. The van der Waals surface area contributed by atoms with Gasteiger partial charge >= 0.3 is 0 Å². The number of benzene rings is 1. The number of thiazole rings is 1. The van der Waals surface area contributed by atoms with Gasteiger partial charge in [0.1, 0.15) is 12.1 Å². The van der Waals surface area contributed by atoms with Gasteiger partial charge in [-0.15, -0.1) is 10.2 Å². The molecular formula is C8H5N3OS. The van der Waals surface area contributed by atoms with Crippen molar-refractivity contribution in [2.45, 2.75) is 0 Å². The first kappa shape index (κ1) is 6.85. The van der Waals surface area contributed by atoms with E-state index in [1.165, 1.54) is 11.3 Å². The van der Waals surface area contributed by atoms with E-state index < -0.39 is 0 Å².